The monoisotopic (exact) mass is 238 g/mol. The van der Waals surface area contributed by atoms with Crippen molar-refractivity contribution in [1.82, 2.24) is 0 Å². The third-order valence-corrected chi connectivity index (χ3v) is 3.15. The van der Waals surface area contributed by atoms with E-state index >= 15 is 0 Å². The van der Waals surface area contributed by atoms with Gasteiger partial charge in [0.15, 0.2) is 0 Å². The maximum atomic E-state index is 10.1. The summed E-state index contributed by atoms with van der Waals surface area (Å²) in [5.74, 6) is 0.756. The smallest absolute Gasteiger partial charge is 0.119 e. The largest absolute Gasteiger partial charge is 0.491 e. The highest BCUT2D eigenvalue weighted by molar-refractivity contribution is 5.27. The molecule has 0 heterocycles. The molecule has 0 atom stereocenters. The molecular formula is C14H22O3. The quantitative estimate of drug-likeness (QED) is 0.765. The lowest BCUT2D eigenvalue weighted by Gasteiger charge is -2.25. The second-order valence-corrected chi connectivity index (χ2v) is 4.34. The Labute approximate surface area is 103 Å². The lowest BCUT2D eigenvalue weighted by Crippen LogP contribution is -2.34. The minimum atomic E-state index is -0.732. The summed E-state index contributed by atoms with van der Waals surface area (Å²) in [7, 11) is 0. The summed E-state index contributed by atoms with van der Waals surface area (Å²) in [4.78, 5) is 0. The predicted octanol–water partition coefficient (Wildman–Crippen LogP) is 2.15. The molecule has 0 aliphatic carbocycles. The molecule has 96 valence electrons. The van der Waals surface area contributed by atoms with Crippen LogP contribution >= 0.6 is 0 Å². The van der Waals surface area contributed by atoms with E-state index in [0.29, 0.717) is 25.9 Å². The van der Waals surface area contributed by atoms with E-state index in [9.17, 15) is 5.11 Å². The Morgan fingerprint density at radius 3 is 2.18 bits per heavy atom. The van der Waals surface area contributed by atoms with E-state index in [4.69, 9.17) is 9.84 Å². The minimum absolute atomic E-state index is 0.158. The van der Waals surface area contributed by atoms with E-state index < -0.39 is 5.60 Å². The zero-order valence-corrected chi connectivity index (χ0v) is 10.6. The molecule has 2 N–H and O–H groups in total. The average molecular weight is 238 g/mol. The van der Waals surface area contributed by atoms with Gasteiger partial charge in [-0.1, -0.05) is 26.0 Å². The van der Waals surface area contributed by atoms with E-state index in [-0.39, 0.29) is 6.61 Å². The number of benzene rings is 1. The number of aliphatic hydroxyl groups excluding tert-OH is 1. The van der Waals surface area contributed by atoms with Crippen molar-refractivity contribution in [3.8, 4) is 5.75 Å². The fourth-order valence-corrected chi connectivity index (χ4v) is 1.55. The van der Waals surface area contributed by atoms with Crippen molar-refractivity contribution in [1.29, 1.82) is 0 Å². The molecule has 0 bridgehead atoms. The van der Waals surface area contributed by atoms with Crippen LogP contribution in [0, 0.1) is 0 Å². The van der Waals surface area contributed by atoms with Crippen LogP contribution in [-0.2, 0) is 6.42 Å². The van der Waals surface area contributed by atoms with Crippen LogP contribution in [-0.4, -0.2) is 29.0 Å². The summed E-state index contributed by atoms with van der Waals surface area (Å²) in [5.41, 5.74) is 0.352. The van der Waals surface area contributed by atoms with Gasteiger partial charge in [0.25, 0.3) is 0 Å². The summed E-state index contributed by atoms with van der Waals surface area (Å²) < 4.78 is 5.57. The first-order valence-electron chi connectivity index (χ1n) is 6.18. The van der Waals surface area contributed by atoms with Gasteiger partial charge >= 0.3 is 0 Å². The van der Waals surface area contributed by atoms with Gasteiger partial charge in [-0.05, 0) is 37.0 Å². The van der Waals surface area contributed by atoms with Crippen LogP contribution in [0.4, 0.5) is 0 Å². The van der Waals surface area contributed by atoms with Gasteiger partial charge in [0.05, 0.1) is 5.60 Å². The van der Waals surface area contributed by atoms with Crippen molar-refractivity contribution in [3.05, 3.63) is 29.8 Å². The molecular weight excluding hydrogens is 216 g/mol. The number of rotatable bonds is 7. The van der Waals surface area contributed by atoms with Gasteiger partial charge in [0, 0.05) is 6.61 Å². The topological polar surface area (TPSA) is 49.7 Å². The zero-order valence-electron chi connectivity index (χ0n) is 10.6. The molecule has 0 aliphatic heterocycles. The highest BCUT2D eigenvalue weighted by Gasteiger charge is 2.22. The fraction of sp³-hybridized carbons (Fsp3) is 0.571. The molecule has 0 spiro atoms. The highest BCUT2D eigenvalue weighted by atomic mass is 16.5. The standard InChI is InChI=1S/C14H22O3/c1-3-14(16,4-2)11-17-13-7-5-12(6-8-13)9-10-15/h5-8,15-16H,3-4,9-11H2,1-2H3. The Kier molecular flexibility index (Phi) is 5.45. The van der Waals surface area contributed by atoms with E-state index in [1.54, 1.807) is 0 Å². The minimum Gasteiger partial charge on any atom is -0.491 e. The van der Waals surface area contributed by atoms with Crippen LogP contribution in [0.3, 0.4) is 0 Å². The maximum absolute atomic E-state index is 10.1. The summed E-state index contributed by atoms with van der Waals surface area (Å²) in [5, 5.41) is 18.9. The van der Waals surface area contributed by atoms with Crippen molar-refractivity contribution in [3.63, 3.8) is 0 Å². The molecule has 1 aromatic rings. The van der Waals surface area contributed by atoms with Gasteiger partial charge in [0.2, 0.25) is 0 Å². The Bertz CT molecular complexity index is 315. The van der Waals surface area contributed by atoms with Crippen molar-refractivity contribution < 1.29 is 14.9 Å². The van der Waals surface area contributed by atoms with E-state index in [0.717, 1.165) is 11.3 Å². The molecule has 3 nitrogen and oxygen atoms in total. The normalized spacial score (nSPS) is 11.5. The Hall–Kier alpha value is -1.06. The first kappa shape index (κ1) is 14.0. The van der Waals surface area contributed by atoms with Gasteiger partial charge in [-0.25, -0.2) is 0 Å². The molecule has 0 aromatic heterocycles. The molecule has 0 saturated heterocycles. The molecule has 0 unspecified atom stereocenters. The van der Waals surface area contributed by atoms with Crippen LogP contribution in [0.5, 0.6) is 5.75 Å². The summed E-state index contributed by atoms with van der Waals surface area (Å²) >= 11 is 0. The lowest BCUT2D eigenvalue weighted by atomic mass is 9.99. The van der Waals surface area contributed by atoms with Crippen LogP contribution in [0.25, 0.3) is 0 Å². The van der Waals surface area contributed by atoms with Crippen molar-refractivity contribution in [2.45, 2.75) is 38.7 Å². The number of hydrogen-bond donors (Lipinski definition) is 2. The molecule has 0 fully saturated rings. The molecule has 0 aliphatic rings. The van der Waals surface area contributed by atoms with Crippen LogP contribution in [0.1, 0.15) is 32.3 Å². The van der Waals surface area contributed by atoms with Crippen LogP contribution in [0.2, 0.25) is 0 Å². The van der Waals surface area contributed by atoms with Gasteiger partial charge in [-0.2, -0.15) is 0 Å². The first-order valence-corrected chi connectivity index (χ1v) is 6.18. The van der Waals surface area contributed by atoms with Crippen LogP contribution < -0.4 is 4.74 Å². The second kappa shape index (κ2) is 6.62. The number of ether oxygens (including phenoxy) is 1. The summed E-state index contributed by atoms with van der Waals surface area (Å²) in [6.45, 7) is 4.39. The summed E-state index contributed by atoms with van der Waals surface area (Å²) in [6.07, 6.45) is 2.03. The maximum Gasteiger partial charge on any atom is 0.119 e. The average Bonchev–Trinajstić information content (AvgIpc) is 2.38. The van der Waals surface area contributed by atoms with Gasteiger partial charge in [-0.15, -0.1) is 0 Å². The van der Waals surface area contributed by atoms with Crippen molar-refractivity contribution >= 4 is 0 Å². The fourth-order valence-electron chi connectivity index (χ4n) is 1.55. The molecule has 0 saturated carbocycles. The third kappa shape index (κ3) is 4.36. The Morgan fingerprint density at radius 1 is 1.12 bits per heavy atom. The molecule has 17 heavy (non-hydrogen) atoms. The SMILES string of the molecule is CCC(O)(CC)COc1ccc(CCO)cc1. The molecule has 1 rings (SSSR count). The van der Waals surface area contributed by atoms with Crippen molar-refractivity contribution in [2.24, 2.45) is 0 Å². The zero-order chi connectivity index (χ0) is 12.7. The molecule has 0 amide bonds. The number of aliphatic hydroxyl groups is 2. The highest BCUT2D eigenvalue weighted by Crippen LogP contribution is 2.18. The van der Waals surface area contributed by atoms with Crippen molar-refractivity contribution in [2.75, 3.05) is 13.2 Å². The van der Waals surface area contributed by atoms with Gasteiger partial charge in [-0.3, -0.25) is 0 Å². The Balaban J connectivity index is 2.52. The molecule has 3 heteroatoms. The number of hydrogen-bond acceptors (Lipinski definition) is 3. The molecule has 0 radical (unpaired) electrons. The lowest BCUT2D eigenvalue weighted by molar-refractivity contribution is -0.0113. The van der Waals surface area contributed by atoms with E-state index in [1.807, 2.05) is 38.1 Å². The van der Waals surface area contributed by atoms with Gasteiger partial charge in [0.1, 0.15) is 12.4 Å². The van der Waals surface area contributed by atoms with E-state index in [1.165, 1.54) is 0 Å². The van der Waals surface area contributed by atoms with Crippen LogP contribution in [0.15, 0.2) is 24.3 Å². The van der Waals surface area contributed by atoms with Gasteiger partial charge < -0.3 is 14.9 Å². The third-order valence-electron chi connectivity index (χ3n) is 3.15. The second-order valence-electron chi connectivity index (χ2n) is 4.34. The Morgan fingerprint density at radius 2 is 1.71 bits per heavy atom. The first-order chi connectivity index (χ1) is 8.13. The predicted molar refractivity (Wildman–Crippen MR) is 68.3 cm³/mol. The summed E-state index contributed by atoms with van der Waals surface area (Å²) in [6, 6.07) is 7.61. The van der Waals surface area contributed by atoms with E-state index in [2.05, 4.69) is 0 Å². The molecule has 1 aromatic carbocycles.